The molecule has 2 aromatic rings. The van der Waals surface area contributed by atoms with Gasteiger partial charge in [0.15, 0.2) is 5.96 Å². The first kappa shape index (κ1) is 21.0. The molecule has 1 aromatic heterocycles. The number of benzene rings is 1. The van der Waals surface area contributed by atoms with Crippen LogP contribution in [-0.2, 0) is 13.1 Å². The lowest BCUT2D eigenvalue weighted by Crippen LogP contribution is -2.46. The lowest BCUT2D eigenvalue weighted by atomic mass is 10.2. The molecule has 1 aromatic carbocycles. The predicted octanol–water partition coefficient (Wildman–Crippen LogP) is 2.57. The Morgan fingerprint density at radius 1 is 1.10 bits per heavy atom. The van der Waals surface area contributed by atoms with Crippen LogP contribution < -0.4 is 10.2 Å². The van der Waals surface area contributed by atoms with E-state index in [0.717, 1.165) is 55.6 Å². The fraction of sp³-hybridized carbons (Fsp3) is 0.455. The smallest absolute Gasteiger partial charge is 0.193 e. The van der Waals surface area contributed by atoms with Crippen molar-refractivity contribution in [1.82, 2.24) is 20.1 Å². The summed E-state index contributed by atoms with van der Waals surface area (Å²) in [6, 6.07) is 10.8. The van der Waals surface area contributed by atoms with Gasteiger partial charge in [-0.3, -0.25) is 4.99 Å². The molecule has 1 N–H and O–H groups in total. The Balaban J connectivity index is 1.51. The third-order valence-electron chi connectivity index (χ3n) is 5.31. The number of nitrogens with one attached hydrogen (secondary N) is 1. The maximum atomic E-state index is 13.1. The van der Waals surface area contributed by atoms with Crippen molar-refractivity contribution < 1.29 is 4.39 Å². The van der Waals surface area contributed by atoms with Crippen molar-refractivity contribution >= 4 is 11.8 Å². The third kappa shape index (κ3) is 5.90. The topological polar surface area (TPSA) is 47.0 Å². The SMILES string of the molecule is CCN1CCN(c2ccc(CNC(=NC)N(C)Cc3ccc(F)cc3)cn2)CC1. The monoisotopic (exact) mass is 398 g/mol. The molecule has 0 amide bonds. The summed E-state index contributed by atoms with van der Waals surface area (Å²) in [4.78, 5) is 15.8. The Kier molecular flexibility index (Phi) is 7.41. The van der Waals surface area contributed by atoms with Gasteiger partial charge in [0.2, 0.25) is 0 Å². The van der Waals surface area contributed by atoms with Crippen molar-refractivity contribution in [2.75, 3.05) is 51.7 Å². The van der Waals surface area contributed by atoms with Crippen LogP contribution in [0, 0.1) is 5.82 Å². The van der Waals surface area contributed by atoms with E-state index in [1.165, 1.54) is 12.1 Å². The molecule has 156 valence electrons. The van der Waals surface area contributed by atoms with E-state index < -0.39 is 0 Å². The fourth-order valence-electron chi connectivity index (χ4n) is 3.51. The third-order valence-corrected chi connectivity index (χ3v) is 5.31. The Hall–Kier alpha value is -2.67. The summed E-state index contributed by atoms with van der Waals surface area (Å²) in [6.45, 7) is 8.87. The number of rotatable bonds is 6. The van der Waals surface area contributed by atoms with Gasteiger partial charge in [-0.05, 0) is 35.9 Å². The van der Waals surface area contributed by atoms with Crippen LogP contribution in [0.15, 0.2) is 47.6 Å². The molecule has 1 aliphatic heterocycles. The van der Waals surface area contributed by atoms with Crippen molar-refractivity contribution in [1.29, 1.82) is 0 Å². The molecule has 0 radical (unpaired) electrons. The average Bonchev–Trinajstić information content (AvgIpc) is 2.76. The molecule has 0 saturated carbocycles. The molecular formula is C22H31FN6. The summed E-state index contributed by atoms with van der Waals surface area (Å²) in [6.07, 6.45) is 1.93. The maximum Gasteiger partial charge on any atom is 0.193 e. The van der Waals surface area contributed by atoms with Crippen LogP contribution in [0.1, 0.15) is 18.1 Å². The Labute approximate surface area is 173 Å². The van der Waals surface area contributed by atoms with E-state index in [4.69, 9.17) is 0 Å². The Bertz CT molecular complexity index is 782. The molecule has 0 aliphatic carbocycles. The van der Waals surface area contributed by atoms with Gasteiger partial charge in [-0.25, -0.2) is 9.37 Å². The maximum absolute atomic E-state index is 13.1. The van der Waals surface area contributed by atoms with Gasteiger partial charge in [-0.1, -0.05) is 25.1 Å². The Morgan fingerprint density at radius 2 is 1.79 bits per heavy atom. The number of aliphatic imine (C=N–C) groups is 1. The van der Waals surface area contributed by atoms with Crippen molar-refractivity contribution in [2.45, 2.75) is 20.0 Å². The van der Waals surface area contributed by atoms with E-state index in [2.05, 4.69) is 44.1 Å². The second kappa shape index (κ2) is 10.2. The minimum Gasteiger partial charge on any atom is -0.354 e. The second-order valence-corrected chi connectivity index (χ2v) is 7.33. The quantitative estimate of drug-likeness (QED) is 0.599. The van der Waals surface area contributed by atoms with E-state index in [9.17, 15) is 4.39 Å². The van der Waals surface area contributed by atoms with Crippen LogP contribution in [0.25, 0.3) is 0 Å². The highest BCUT2D eigenvalue weighted by atomic mass is 19.1. The highest BCUT2D eigenvalue weighted by Crippen LogP contribution is 2.14. The van der Waals surface area contributed by atoms with E-state index in [1.807, 2.05) is 18.1 Å². The van der Waals surface area contributed by atoms with Gasteiger partial charge in [-0.15, -0.1) is 0 Å². The Morgan fingerprint density at radius 3 is 2.38 bits per heavy atom. The molecule has 6 nitrogen and oxygen atoms in total. The summed E-state index contributed by atoms with van der Waals surface area (Å²) in [5.74, 6) is 1.61. The number of anilines is 1. The summed E-state index contributed by atoms with van der Waals surface area (Å²) in [5, 5.41) is 3.37. The first-order valence-corrected chi connectivity index (χ1v) is 10.2. The summed E-state index contributed by atoms with van der Waals surface area (Å²) in [5.41, 5.74) is 2.14. The van der Waals surface area contributed by atoms with E-state index in [0.29, 0.717) is 13.1 Å². The number of aromatic nitrogens is 1. The first-order chi connectivity index (χ1) is 14.1. The van der Waals surface area contributed by atoms with Crippen molar-refractivity contribution in [3.8, 4) is 0 Å². The number of piperazine rings is 1. The number of nitrogens with zero attached hydrogens (tertiary/aromatic N) is 5. The van der Waals surface area contributed by atoms with Crippen LogP contribution in [0.2, 0.25) is 0 Å². The van der Waals surface area contributed by atoms with Gasteiger partial charge in [-0.2, -0.15) is 0 Å². The highest BCUT2D eigenvalue weighted by Gasteiger charge is 2.16. The molecule has 0 spiro atoms. The molecule has 7 heteroatoms. The number of pyridine rings is 1. The molecule has 1 aliphatic rings. The number of hydrogen-bond acceptors (Lipinski definition) is 4. The van der Waals surface area contributed by atoms with Crippen LogP contribution in [0.5, 0.6) is 0 Å². The molecule has 1 saturated heterocycles. The predicted molar refractivity (Wildman–Crippen MR) is 117 cm³/mol. The van der Waals surface area contributed by atoms with Gasteiger partial charge in [0.25, 0.3) is 0 Å². The minimum absolute atomic E-state index is 0.220. The second-order valence-electron chi connectivity index (χ2n) is 7.33. The summed E-state index contributed by atoms with van der Waals surface area (Å²) >= 11 is 0. The van der Waals surface area contributed by atoms with Crippen molar-refractivity contribution in [3.05, 3.63) is 59.5 Å². The zero-order valence-electron chi connectivity index (χ0n) is 17.6. The zero-order chi connectivity index (χ0) is 20.6. The van der Waals surface area contributed by atoms with Gasteiger partial charge < -0.3 is 20.0 Å². The number of likely N-dealkylation sites (N-methyl/N-ethyl adjacent to an activating group) is 1. The molecule has 29 heavy (non-hydrogen) atoms. The van der Waals surface area contributed by atoms with Gasteiger partial charge in [0.05, 0.1) is 0 Å². The average molecular weight is 399 g/mol. The number of halogens is 1. The number of guanidine groups is 1. The van der Waals surface area contributed by atoms with Crippen molar-refractivity contribution in [3.63, 3.8) is 0 Å². The molecule has 0 atom stereocenters. The van der Waals surface area contributed by atoms with Crippen LogP contribution >= 0.6 is 0 Å². The van der Waals surface area contributed by atoms with Crippen molar-refractivity contribution in [2.24, 2.45) is 4.99 Å². The molecular weight excluding hydrogens is 367 g/mol. The molecule has 1 fully saturated rings. The highest BCUT2D eigenvalue weighted by molar-refractivity contribution is 5.79. The van der Waals surface area contributed by atoms with E-state index in [-0.39, 0.29) is 5.82 Å². The summed E-state index contributed by atoms with van der Waals surface area (Å²) < 4.78 is 13.1. The van der Waals surface area contributed by atoms with Crippen LogP contribution in [0.3, 0.4) is 0 Å². The van der Waals surface area contributed by atoms with Crippen LogP contribution in [0.4, 0.5) is 10.2 Å². The molecule has 2 heterocycles. The normalized spacial score (nSPS) is 15.4. The first-order valence-electron chi connectivity index (χ1n) is 10.2. The zero-order valence-corrected chi connectivity index (χ0v) is 17.6. The van der Waals surface area contributed by atoms with Gasteiger partial charge >= 0.3 is 0 Å². The van der Waals surface area contributed by atoms with E-state index >= 15 is 0 Å². The molecule has 0 bridgehead atoms. The summed E-state index contributed by atoms with van der Waals surface area (Å²) in [7, 11) is 3.73. The van der Waals surface area contributed by atoms with Crippen LogP contribution in [-0.4, -0.2) is 67.6 Å². The lowest BCUT2D eigenvalue weighted by molar-refractivity contribution is 0.270. The van der Waals surface area contributed by atoms with Gasteiger partial charge in [0.1, 0.15) is 11.6 Å². The molecule has 3 rings (SSSR count). The standard InChI is InChI=1S/C22H31FN6/c1-4-28-11-13-29(14-12-28)21-10-7-19(15-25-21)16-26-22(24-2)27(3)17-18-5-8-20(23)9-6-18/h5-10,15H,4,11-14,16-17H2,1-3H3,(H,24,26). The minimum atomic E-state index is -0.220. The largest absolute Gasteiger partial charge is 0.354 e. The van der Waals surface area contributed by atoms with Gasteiger partial charge in [0, 0.05) is 59.6 Å². The fourth-order valence-corrected chi connectivity index (χ4v) is 3.51. The number of hydrogen-bond donors (Lipinski definition) is 1. The lowest BCUT2D eigenvalue weighted by Gasteiger charge is -2.34. The molecule has 0 unspecified atom stereocenters. The van der Waals surface area contributed by atoms with E-state index in [1.54, 1.807) is 19.2 Å².